The number of hydrogen-bond acceptors (Lipinski definition) is 11. The number of aromatic nitrogens is 1. The number of morpholine rings is 1. The van der Waals surface area contributed by atoms with Crippen molar-refractivity contribution in [1.82, 2.24) is 25.0 Å². The van der Waals surface area contributed by atoms with Gasteiger partial charge in [0, 0.05) is 61.6 Å². The number of piperidine rings is 1. The van der Waals surface area contributed by atoms with Crippen molar-refractivity contribution in [2.24, 2.45) is 0 Å². The number of halogens is 1. The van der Waals surface area contributed by atoms with E-state index in [4.69, 9.17) is 25.8 Å². The summed E-state index contributed by atoms with van der Waals surface area (Å²) < 4.78 is 18.0. The number of hydrogen-bond donors (Lipinski definition) is 3. The van der Waals surface area contributed by atoms with Gasteiger partial charge in [0.15, 0.2) is 12.4 Å². The number of fused-ring (bicyclic) bond motifs is 1. The number of phenolic OH excluding ortho intramolecular Hbond substituents is 1. The molecule has 1 aromatic heterocycles. The van der Waals surface area contributed by atoms with Crippen LogP contribution in [0.3, 0.4) is 0 Å². The summed E-state index contributed by atoms with van der Waals surface area (Å²) in [7, 11) is 0. The fourth-order valence-electron chi connectivity index (χ4n) is 8.85. The Morgan fingerprint density at radius 2 is 1.88 bits per heavy atom. The molecule has 7 rings (SSSR count). The van der Waals surface area contributed by atoms with Crippen LogP contribution in [0.5, 0.6) is 11.5 Å². The first-order valence-corrected chi connectivity index (χ1v) is 23.1. The van der Waals surface area contributed by atoms with E-state index in [-0.39, 0.29) is 41.7 Å². The second-order valence-corrected chi connectivity index (χ2v) is 18.3. The first-order valence-electron chi connectivity index (χ1n) is 21.8. The van der Waals surface area contributed by atoms with Crippen LogP contribution in [0.1, 0.15) is 103 Å². The molecular formula is C45H61ClN6O7S. The van der Waals surface area contributed by atoms with Gasteiger partial charge in [0.05, 0.1) is 43.4 Å². The van der Waals surface area contributed by atoms with E-state index in [0.29, 0.717) is 94.9 Å². The number of rotatable bonds is 17. The van der Waals surface area contributed by atoms with Crippen LogP contribution in [0.15, 0.2) is 35.7 Å². The first kappa shape index (κ1) is 44.3. The second-order valence-electron chi connectivity index (χ2n) is 17.0. The summed E-state index contributed by atoms with van der Waals surface area (Å²) in [5, 5.41) is 19.9. The lowest BCUT2D eigenvalue weighted by atomic mass is 9.89. The number of ether oxygens (including phenoxy) is 3. The summed E-state index contributed by atoms with van der Waals surface area (Å²) in [6, 6.07) is 9.95. The summed E-state index contributed by atoms with van der Waals surface area (Å²) in [5.41, 5.74) is 3.67. The molecule has 3 fully saturated rings. The highest BCUT2D eigenvalue weighted by Gasteiger charge is 2.41. The minimum absolute atomic E-state index is 0.00747. The molecule has 1 saturated carbocycles. The number of thiazole rings is 1. The van der Waals surface area contributed by atoms with Crippen molar-refractivity contribution in [3.63, 3.8) is 0 Å². The van der Waals surface area contributed by atoms with Gasteiger partial charge in [-0.1, -0.05) is 62.9 Å². The Labute approximate surface area is 363 Å². The third-order valence-electron chi connectivity index (χ3n) is 12.3. The Hall–Kier alpha value is -3.79. The third-order valence-corrected chi connectivity index (χ3v) is 13.8. The van der Waals surface area contributed by atoms with Gasteiger partial charge in [0.25, 0.3) is 11.8 Å². The zero-order chi connectivity index (χ0) is 42.1. The quantitative estimate of drug-likeness (QED) is 0.103. The molecule has 3 amide bonds. The van der Waals surface area contributed by atoms with Crippen LogP contribution >= 0.6 is 22.9 Å². The maximum Gasteiger partial charge on any atom is 0.273 e. The van der Waals surface area contributed by atoms with Crippen LogP contribution in [0, 0.1) is 0 Å². The molecule has 1 spiro atoms. The average Bonchev–Trinajstić information content (AvgIpc) is 3.76. The Morgan fingerprint density at radius 1 is 1.08 bits per heavy atom. The molecule has 15 heteroatoms. The fraction of sp³-hybridized carbons (Fsp3) is 0.600. The number of nitrogens with one attached hydrogen (secondary N) is 2. The monoisotopic (exact) mass is 864 g/mol. The molecule has 13 nitrogen and oxygen atoms in total. The first-order chi connectivity index (χ1) is 29.1. The number of phenols is 1. The van der Waals surface area contributed by atoms with Crippen LogP contribution in [0.4, 0.5) is 5.69 Å². The zero-order valence-corrected chi connectivity index (χ0v) is 36.7. The van der Waals surface area contributed by atoms with E-state index in [1.807, 2.05) is 16.3 Å². The molecule has 60 heavy (non-hydrogen) atoms. The predicted octanol–water partition coefficient (Wildman–Crippen LogP) is 6.41. The zero-order valence-electron chi connectivity index (χ0n) is 35.1. The van der Waals surface area contributed by atoms with Crippen molar-refractivity contribution < 1.29 is 33.7 Å². The number of aromatic hydroxyl groups is 1. The maximum atomic E-state index is 13.5. The largest absolute Gasteiger partial charge is 0.506 e. The molecule has 3 aliphatic heterocycles. The van der Waals surface area contributed by atoms with Gasteiger partial charge in [-0.15, -0.1) is 11.3 Å². The molecule has 4 aliphatic rings. The highest BCUT2D eigenvalue weighted by molar-refractivity contribution is 7.09. The minimum atomic E-state index is -0.310. The van der Waals surface area contributed by atoms with Gasteiger partial charge in [-0.2, -0.15) is 0 Å². The molecule has 0 unspecified atom stereocenters. The van der Waals surface area contributed by atoms with Crippen molar-refractivity contribution >= 4 is 46.3 Å². The van der Waals surface area contributed by atoms with E-state index in [9.17, 15) is 19.5 Å². The normalized spacial score (nSPS) is 18.3. The lowest BCUT2D eigenvalue weighted by Crippen LogP contribution is -2.58. The highest BCUT2D eigenvalue weighted by atomic mass is 35.5. The van der Waals surface area contributed by atoms with Gasteiger partial charge in [0.2, 0.25) is 5.91 Å². The summed E-state index contributed by atoms with van der Waals surface area (Å²) in [5.74, 6) is 0.669. The SMILES string of the molecule is CC(C)c1nc(C(=O)N2CCOC3(CCN(Cc4ccc(CCOCCC(=O)N(CCNCCc5ccc(O)c6c5OCC(=O)N6)C5CCCCC5)c(Cl)c4)CC3)C2)cs1. The van der Waals surface area contributed by atoms with E-state index in [2.05, 4.69) is 57.5 Å². The molecule has 0 atom stereocenters. The van der Waals surface area contributed by atoms with Crippen LogP contribution in [0.2, 0.25) is 5.02 Å². The van der Waals surface area contributed by atoms with Crippen molar-refractivity contribution in [1.29, 1.82) is 0 Å². The second kappa shape index (κ2) is 20.9. The number of amides is 3. The Morgan fingerprint density at radius 3 is 2.65 bits per heavy atom. The van der Waals surface area contributed by atoms with Crippen molar-refractivity contribution in [2.45, 2.75) is 102 Å². The van der Waals surface area contributed by atoms with Crippen molar-refractivity contribution in [2.75, 3.05) is 77.6 Å². The molecule has 0 bridgehead atoms. The molecule has 2 saturated heterocycles. The summed E-state index contributed by atoms with van der Waals surface area (Å²) in [6.07, 6.45) is 8.98. The van der Waals surface area contributed by atoms with E-state index in [0.717, 1.165) is 84.9 Å². The fourth-order valence-corrected chi connectivity index (χ4v) is 9.96. The van der Waals surface area contributed by atoms with Gasteiger partial charge >= 0.3 is 0 Å². The average molecular weight is 866 g/mol. The lowest BCUT2D eigenvalue weighted by molar-refractivity contribution is -0.135. The Balaban J connectivity index is 0.808. The molecule has 3 N–H and O–H groups in total. The van der Waals surface area contributed by atoms with E-state index < -0.39 is 0 Å². The number of benzene rings is 2. The van der Waals surface area contributed by atoms with Gasteiger partial charge in [-0.05, 0) is 73.9 Å². The highest BCUT2D eigenvalue weighted by Crippen LogP contribution is 2.39. The van der Waals surface area contributed by atoms with Crippen molar-refractivity contribution in [3.8, 4) is 11.5 Å². The number of likely N-dealkylation sites (tertiary alicyclic amines) is 1. The summed E-state index contributed by atoms with van der Waals surface area (Å²) >= 11 is 8.34. The Bertz CT molecular complexity index is 1950. The van der Waals surface area contributed by atoms with Crippen LogP contribution < -0.4 is 15.4 Å². The van der Waals surface area contributed by atoms with E-state index >= 15 is 0 Å². The number of carbonyl (C=O) groups excluding carboxylic acids is 3. The van der Waals surface area contributed by atoms with Crippen LogP contribution in [0.25, 0.3) is 0 Å². The predicted molar refractivity (Wildman–Crippen MR) is 233 cm³/mol. The number of anilines is 1. The standard InChI is InChI=1S/C45H61ClN6O7S/c1-31(2)43-48-37(29-60-43)44(56)51-22-25-59-45(30-51)15-19-50(20-16-45)27-32-8-9-33(36(46)26-32)13-23-57-24-14-40(55)52(35-6-4-3-5-7-35)21-18-47-17-12-34-10-11-38(53)41-42(34)58-28-39(54)49-41/h8-11,26,29,31,35,47,53H,3-7,12-25,27-28,30H2,1-2H3,(H,49,54). The third kappa shape index (κ3) is 11.4. The maximum absolute atomic E-state index is 13.5. The van der Waals surface area contributed by atoms with Gasteiger partial charge in [-0.3, -0.25) is 19.3 Å². The topological polar surface area (TPSA) is 146 Å². The molecule has 0 radical (unpaired) electrons. The van der Waals surface area contributed by atoms with Gasteiger partial charge in [-0.25, -0.2) is 4.98 Å². The molecule has 3 aromatic rings. The number of carbonyl (C=O) groups is 3. The van der Waals surface area contributed by atoms with Crippen molar-refractivity contribution in [3.05, 3.63) is 68.1 Å². The smallest absolute Gasteiger partial charge is 0.273 e. The Kier molecular flexibility index (Phi) is 15.4. The van der Waals surface area contributed by atoms with Crippen LogP contribution in [-0.2, 0) is 38.4 Å². The summed E-state index contributed by atoms with van der Waals surface area (Å²) in [6.45, 7) is 11.3. The van der Waals surface area contributed by atoms with E-state index in [1.165, 1.54) is 6.42 Å². The molecule has 326 valence electrons. The lowest BCUT2D eigenvalue weighted by Gasteiger charge is -2.47. The number of nitrogens with zero attached hydrogens (tertiary/aromatic N) is 4. The molecular weight excluding hydrogens is 804 g/mol. The van der Waals surface area contributed by atoms with E-state index in [1.54, 1.807) is 17.4 Å². The van der Waals surface area contributed by atoms with Gasteiger partial charge < -0.3 is 39.8 Å². The molecule has 2 aromatic carbocycles. The minimum Gasteiger partial charge on any atom is -0.506 e. The van der Waals surface area contributed by atoms with Crippen LogP contribution in [-0.4, -0.2) is 126 Å². The van der Waals surface area contributed by atoms with Gasteiger partial charge in [0.1, 0.15) is 17.1 Å². The molecule has 4 heterocycles. The summed E-state index contributed by atoms with van der Waals surface area (Å²) in [4.78, 5) is 49.6. The molecule has 1 aliphatic carbocycles.